The maximum absolute atomic E-state index is 12.8. The summed E-state index contributed by atoms with van der Waals surface area (Å²) >= 11 is 0. The molecule has 0 aromatic rings. The van der Waals surface area contributed by atoms with Crippen LogP contribution in [0.15, 0.2) is 0 Å². The van der Waals surface area contributed by atoms with E-state index in [9.17, 15) is 9.59 Å². The summed E-state index contributed by atoms with van der Waals surface area (Å²) in [6.07, 6.45) is 3.87. The van der Waals surface area contributed by atoms with E-state index in [-0.39, 0.29) is 23.3 Å². The molecule has 1 N–H and O–H groups in total. The van der Waals surface area contributed by atoms with Crippen molar-refractivity contribution in [3.8, 4) is 0 Å². The molecule has 122 valence electrons. The fraction of sp³-hybridized carbons (Fsp3) is 0.882. The Bertz CT molecular complexity index is 381. The molecule has 0 bridgehead atoms. The molecule has 21 heavy (non-hydrogen) atoms. The molecule has 1 aliphatic rings. The van der Waals surface area contributed by atoms with Gasteiger partial charge in [-0.15, -0.1) is 0 Å². The van der Waals surface area contributed by atoms with E-state index in [2.05, 4.69) is 26.1 Å². The molecule has 1 aliphatic heterocycles. The van der Waals surface area contributed by atoms with Gasteiger partial charge in [0.1, 0.15) is 11.6 Å². The summed E-state index contributed by atoms with van der Waals surface area (Å²) in [6, 6.07) is -0.339. The SMILES string of the molecule is CCCC1NC(=O)C(CC)(CC)N(CCC(C)(C)C)C1=O. The summed E-state index contributed by atoms with van der Waals surface area (Å²) in [6.45, 7) is 13.2. The number of rotatable bonds is 6. The molecule has 1 rings (SSSR count). The first kappa shape index (κ1) is 18.0. The van der Waals surface area contributed by atoms with E-state index < -0.39 is 5.54 Å². The van der Waals surface area contributed by atoms with Crippen molar-refractivity contribution in [2.75, 3.05) is 6.54 Å². The van der Waals surface area contributed by atoms with Crippen LogP contribution in [-0.4, -0.2) is 34.8 Å². The number of hydrogen-bond donors (Lipinski definition) is 1. The molecule has 0 aromatic heterocycles. The van der Waals surface area contributed by atoms with Crippen LogP contribution in [0.25, 0.3) is 0 Å². The Morgan fingerprint density at radius 3 is 2.14 bits per heavy atom. The maximum Gasteiger partial charge on any atom is 0.246 e. The van der Waals surface area contributed by atoms with Gasteiger partial charge in [0.25, 0.3) is 0 Å². The van der Waals surface area contributed by atoms with Gasteiger partial charge in [-0.1, -0.05) is 48.0 Å². The van der Waals surface area contributed by atoms with E-state index in [1.807, 2.05) is 25.7 Å². The monoisotopic (exact) mass is 296 g/mol. The predicted octanol–water partition coefficient (Wildman–Crippen LogP) is 3.11. The molecule has 0 radical (unpaired) electrons. The smallest absolute Gasteiger partial charge is 0.246 e. The highest BCUT2D eigenvalue weighted by Crippen LogP contribution is 2.31. The molecule has 1 atom stereocenters. The van der Waals surface area contributed by atoms with E-state index >= 15 is 0 Å². The summed E-state index contributed by atoms with van der Waals surface area (Å²) in [5.41, 5.74) is -0.506. The van der Waals surface area contributed by atoms with Crippen LogP contribution in [-0.2, 0) is 9.59 Å². The van der Waals surface area contributed by atoms with Gasteiger partial charge >= 0.3 is 0 Å². The first-order chi connectivity index (χ1) is 9.71. The molecule has 0 aliphatic carbocycles. The quantitative estimate of drug-likeness (QED) is 0.818. The molecule has 0 aromatic carbocycles. The van der Waals surface area contributed by atoms with Crippen molar-refractivity contribution in [1.29, 1.82) is 0 Å². The molecule has 1 unspecified atom stereocenters. The molecule has 0 spiro atoms. The highest BCUT2D eigenvalue weighted by atomic mass is 16.2. The molecular formula is C17H32N2O2. The Hall–Kier alpha value is -1.06. The fourth-order valence-electron chi connectivity index (χ4n) is 3.08. The lowest BCUT2D eigenvalue weighted by molar-refractivity contribution is -0.159. The standard InChI is InChI=1S/C17H32N2O2/c1-7-10-13-14(20)19(12-11-16(4,5)6)17(8-2,9-3)15(21)18-13/h13H,7-12H2,1-6H3,(H,18,21). The lowest BCUT2D eigenvalue weighted by Crippen LogP contribution is -2.70. The average Bonchev–Trinajstić information content (AvgIpc) is 2.40. The van der Waals surface area contributed by atoms with Gasteiger partial charge in [-0.05, 0) is 31.1 Å². The second kappa shape index (κ2) is 6.80. The van der Waals surface area contributed by atoms with Crippen molar-refractivity contribution in [2.24, 2.45) is 5.41 Å². The Labute approximate surface area is 129 Å². The number of carbonyl (C=O) groups is 2. The minimum atomic E-state index is -0.660. The summed E-state index contributed by atoms with van der Waals surface area (Å²) < 4.78 is 0. The molecule has 1 saturated heterocycles. The first-order valence-corrected chi connectivity index (χ1v) is 8.34. The van der Waals surface area contributed by atoms with Crippen LogP contribution < -0.4 is 5.32 Å². The summed E-state index contributed by atoms with van der Waals surface area (Å²) in [4.78, 5) is 27.3. The number of nitrogens with zero attached hydrogens (tertiary/aromatic N) is 1. The number of amides is 2. The van der Waals surface area contributed by atoms with Crippen LogP contribution in [0, 0.1) is 5.41 Å². The molecule has 4 heteroatoms. The van der Waals surface area contributed by atoms with Gasteiger partial charge in [-0.2, -0.15) is 0 Å². The van der Waals surface area contributed by atoms with Crippen molar-refractivity contribution >= 4 is 11.8 Å². The number of hydrogen-bond acceptors (Lipinski definition) is 2. The lowest BCUT2D eigenvalue weighted by atomic mass is 9.83. The zero-order valence-corrected chi connectivity index (χ0v) is 14.6. The highest BCUT2D eigenvalue weighted by Gasteiger charge is 2.49. The van der Waals surface area contributed by atoms with Crippen molar-refractivity contribution in [3.63, 3.8) is 0 Å². The van der Waals surface area contributed by atoms with Gasteiger partial charge in [0.2, 0.25) is 11.8 Å². The molecule has 1 heterocycles. The minimum Gasteiger partial charge on any atom is -0.342 e. The van der Waals surface area contributed by atoms with E-state index in [1.165, 1.54) is 0 Å². The van der Waals surface area contributed by atoms with Crippen molar-refractivity contribution in [2.45, 2.75) is 85.2 Å². The van der Waals surface area contributed by atoms with Gasteiger partial charge in [0.15, 0.2) is 0 Å². The van der Waals surface area contributed by atoms with Crippen LogP contribution >= 0.6 is 0 Å². The topological polar surface area (TPSA) is 49.4 Å². The molecule has 4 nitrogen and oxygen atoms in total. The maximum atomic E-state index is 12.8. The summed E-state index contributed by atoms with van der Waals surface area (Å²) in [7, 11) is 0. The third-order valence-electron chi connectivity index (χ3n) is 4.64. The van der Waals surface area contributed by atoms with Crippen LogP contribution in [0.5, 0.6) is 0 Å². The second-order valence-corrected chi connectivity index (χ2v) is 7.35. The third-order valence-corrected chi connectivity index (χ3v) is 4.64. The van der Waals surface area contributed by atoms with Crippen molar-refractivity contribution < 1.29 is 9.59 Å². The van der Waals surface area contributed by atoms with E-state index in [4.69, 9.17) is 0 Å². The zero-order chi connectivity index (χ0) is 16.3. The Morgan fingerprint density at radius 1 is 1.14 bits per heavy atom. The number of piperazine rings is 1. The van der Waals surface area contributed by atoms with Crippen LogP contribution in [0.3, 0.4) is 0 Å². The fourth-order valence-corrected chi connectivity index (χ4v) is 3.08. The number of nitrogens with one attached hydrogen (secondary N) is 1. The van der Waals surface area contributed by atoms with E-state index in [0.29, 0.717) is 19.4 Å². The predicted molar refractivity (Wildman–Crippen MR) is 85.9 cm³/mol. The third kappa shape index (κ3) is 3.78. The van der Waals surface area contributed by atoms with Gasteiger partial charge in [0, 0.05) is 6.54 Å². The van der Waals surface area contributed by atoms with Crippen LogP contribution in [0.4, 0.5) is 0 Å². The molecule has 2 amide bonds. The second-order valence-electron chi connectivity index (χ2n) is 7.35. The van der Waals surface area contributed by atoms with Crippen molar-refractivity contribution in [3.05, 3.63) is 0 Å². The van der Waals surface area contributed by atoms with Gasteiger partial charge in [-0.3, -0.25) is 9.59 Å². The van der Waals surface area contributed by atoms with Crippen LogP contribution in [0.2, 0.25) is 0 Å². The van der Waals surface area contributed by atoms with Crippen molar-refractivity contribution in [1.82, 2.24) is 10.2 Å². The molecule has 1 fully saturated rings. The van der Waals surface area contributed by atoms with E-state index in [1.54, 1.807) is 0 Å². The van der Waals surface area contributed by atoms with E-state index in [0.717, 1.165) is 19.3 Å². The minimum absolute atomic E-state index is 0.0273. The zero-order valence-electron chi connectivity index (χ0n) is 14.6. The highest BCUT2D eigenvalue weighted by molar-refractivity contribution is 5.99. The molecular weight excluding hydrogens is 264 g/mol. The normalized spacial score (nSPS) is 22.4. The van der Waals surface area contributed by atoms with Gasteiger partial charge in [-0.25, -0.2) is 0 Å². The lowest BCUT2D eigenvalue weighted by Gasteiger charge is -2.48. The Kier molecular flexibility index (Phi) is 5.83. The molecule has 0 saturated carbocycles. The van der Waals surface area contributed by atoms with Crippen LogP contribution in [0.1, 0.15) is 73.6 Å². The largest absolute Gasteiger partial charge is 0.342 e. The summed E-state index contributed by atoms with van der Waals surface area (Å²) in [5, 5.41) is 2.96. The Morgan fingerprint density at radius 2 is 1.71 bits per heavy atom. The summed E-state index contributed by atoms with van der Waals surface area (Å²) in [5.74, 6) is 0.129. The average molecular weight is 296 g/mol. The first-order valence-electron chi connectivity index (χ1n) is 8.34. The Balaban J connectivity index is 3.06. The number of carbonyl (C=O) groups excluding carboxylic acids is 2. The van der Waals surface area contributed by atoms with Gasteiger partial charge in [0.05, 0.1) is 0 Å². The van der Waals surface area contributed by atoms with Gasteiger partial charge < -0.3 is 10.2 Å².